The number of amides is 2. The van der Waals surface area contributed by atoms with Gasteiger partial charge in [-0.1, -0.05) is 45.0 Å². The summed E-state index contributed by atoms with van der Waals surface area (Å²) in [6.45, 7) is 10.1. The van der Waals surface area contributed by atoms with Crippen LogP contribution in [0.4, 0.5) is 9.18 Å². The molecule has 1 atom stereocenters. The lowest BCUT2D eigenvalue weighted by Gasteiger charge is -2.27. The highest BCUT2D eigenvalue weighted by molar-refractivity contribution is 5.74. The lowest BCUT2D eigenvalue weighted by molar-refractivity contribution is -0.149. The van der Waals surface area contributed by atoms with Gasteiger partial charge >= 0.3 is 12.0 Å². The molecular weight excluding hydrogens is 451 g/mol. The van der Waals surface area contributed by atoms with Gasteiger partial charge < -0.3 is 24.8 Å². The highest BCUT2D eigenvalue weighted by Gasteiger charge is 2.19. The van der Waals surface area contributed by atoms with Gasteiger partial charge in [-0.15, -0.1) is 0 Å². The van der Waals surface area contributed by atoms with E-state index in [9.17, 15) is 19.1 Å². The molecule has 0 aliphatic heterocycles. The SMILES string of the molecule is CCOC(Cc1ccc(OCCN(CCC(C)(C)C)C(=O)NCc2ccc(F)cc2)cc1)C(=O)O. The lowest BCUT2D eigenvalue weighted by atomic mass is 9.92. The number of ether oxygens (including phenoxy) is 2. The Morgan fingerprint density at radius 3 is 2.23 bits per heavy atom. The zero-order valence-corrected chi connectivity index (χ0v) is 21.1. The number of aliphatic carboxylic acids is 1. The van der Waals surface area contributed by atoms with Crippen LogP contribution in [0.2, 0.25) is 0 Å². The van der Waals surface area contributed by atoms with Crippen LogP contribution in [-0.2, 0) is 22.5 Å². The van der Waals surface area contributed by atoms with Gasteiger partial charge in [-0.25, -0.2) is 14.0 Å². The molecule has 0 saturated carbocycles. The number of halogens is 1. The summed E-state index contributed by atoms with van der Waals surface area (Å²) < 4.78 is 24.2. The van der Waals surface area contributed by atoms with E-state index < -0.39 is 12.1 Å². The van der Waals surface area contributed by atoms with Crippen LogP contribution in [0.15, 0.2) is 48.5 Å². The van der Waals surface area contributed by atoms with E-state index in [0.29, 0.717) is 38.6 Å². The van der Waals surface area contributed by atoms with Gasteiger partial charge in [0.1, 0.15) is 18.2 Å². The third kappa shape index (κ3) is 10.8. The number of carbonyl (C=O) groups is 2. The summed E-state index contributed by atoms with van der Waals surface area (Å²) in [5, 5.41) is 12.1. The van der Waals surface area contributed by atoms with Crippen molar-refractivity contribution < 1.29 is 28.6 Å². The largest absolute Gasteiger partial charge is 0.492 e. The van der Waals surface area contributed by atoms with Crippen molar-refractivity contribution in [3.8, 4) is 5.75 Å². The van der Waals surface area contributed by atoms with E-state index in [4.69, 9.17) is 9.47 Å². The predicted octanol–water partition coefficient (Wildman–Crippen LogP) is 4.88. The minimum absolute atomic E-state index is 0.0709. The van der Waals surface area contributed by atoms with Gasteiger partial charge in [0, 0.05) is 26.1 Å². The molecule has 2 N–H and O–H groups in total. The molecule has 35 heavy (non-hydrogen) atoms. The van der Waals surface area contributed by atoms with Crippen molar-refractivity contribution in [3.05, 3.63) is 65.5 Å². The molecule has 2 amide bonds. The van der Waals surface area contributed by atoms with Gasteiger partial charge in [0.05, 0.1) is 6.54 Å². The van der Waals surface area contributed by atoms with E-state index in [0.717, 1.165) is 17.5 Å². The highest BCUT2D eigenvalue weighted by Crippen LogP contribution is 2.19. The van der Waals surface area contributed by atoms with Crippen molar-refractivity contribution in [2.24, 2.45) is 5.41 Å². The van der Waals surface area contributed by atoms with E-state index in [1.165, 1.54) is 12.1 Å². The molecule has 0 aliphatic carbocycles. The fourth-order valence-electron chi connectivity index (χ4n) is 3.31. The summed E-state index contributed by atoms with van der Waals surface area (Å²) in [6, 6.07) is 13.0. The second-order valence-electron chi connectivity index (χ2n) is 9.56. The first-order valence-electron chi connectivity index (χ1n) is 11.9. The molecule has 0 bridgehead atoms. The second-order valence-corrected chi connectivity index (χ2v) is 9.56. The first-order chi connectivity index (χ1) is 16.6. The Balaban J connectivity index is 1.90. The molecule has 7 nitrogen and oxygen atoms in total. The number of nitrogens with one attached hydrogen (secondary N) is 1. The van der Waals surface area contributed by atoms with Crippen LogP contribution in [-0.4, -0.2) is 54.4 Å². The number of benzene rings is 2. The number of hydrogen-bond donors (Lipinski definition) is 2. The van der Waals surface area contributed by atoms with Gasteiger partial charge in [-0.2, -0.15) is 0 Å². The Morgan fingerprint density at radius 2 is 1.66 bits per heavy atom. The van der Waals surface area contributed by atoms with Crippen LogP contribution >= 0.6 is 0 Å². The molecule has 2 aromatic carbocycles. The molecule has 0 spiro atoms. The molecule has 0 radical (unpaired) electrons. The monoisotopic (exact) mass is 488 g/mol. The van der Waals surface area contributed by atoms with Crippen LogP contribution in [0.1, 0.15) is 45.2 Å². The van der Waals surface area contributed by atoms with Crippen LogP contribution in [0, 0.1) is 11.2 Å². The zero-order valence-electron chi connectivity index (χ0n) is 21.1. The molecule has 8 heteroatoms. The first-order valence-corrected chi connectivity index (χ1v) is 11.9. The number of carboxylic acid groups (broad SMARTS) is 1. The fourth-order valence-corrected chi connectivity index (χ4v) is 3.31. The number of urea groups is 1. The minimum atomic E-state index is -0.986. The molecule has 2 rings (SSSR count). The molecule has 0 aromatic heterocycles. The van der Waals surface area contributed by atoms with E-state index in [1.54, 1.807) is 36.1 Å². The Hall–Kier alpha value is -3.13. The maximum Gasteiger partial charge on any atom is 0.333 e. The molecule has 2 aromatic rings. The molecular formula is C27H37FN2O5. The minimum Gasteiger partial charge on any atom is -0.492 e. The average molecular weight is 489 g/mol. The predicted molar refractivity (Wildman–Crippen MR) is 133 cm³/mol. The van der Waals surface area contributed by atoms with Crippen molar-refractivity contribution in [2.75, 3.05) is 26.3 Å². The summed E-state index contributed by atoms with van der Waals surface area (Å²) in [5.74, 6) is -0.659. The zero-order chi connectivity index (χ0) is 25.8. The van der Waals surface area contributed by atoms with Crippen LogP contribution in [0.5, 0.6) is 5.75 Å². The highest BCUT2D eigenvalue weighted by atomic mass is 19.1. The molecule has 0 fully saturated rings. The lowest BCUT2D eigenvalue weighted by Crippen LogP contribution is -2.43. The summed E-state index contributed by atoms with van der Waals surface area (Å²) in [6.07, 6.45) is 0.227. The quantitative estimate of drug-likeness (QED) is 0.419. The third-order valence-corrected chi connectivity index (χ3v) is 5.39. The summed E-state index contributed by atoms with van der Waals surface area (Å²) in [5.41, 5.74) is 1.73. The van der Waals surface area contributed by atoms with Crippen LogP contribution in [0.25, 0.3) is 0 Å². The van der Waals surface area contributed by atoms with E-state index in [2.05, 4.69) is 26.1 Å². The number of nitrogens with zero attached hydrogens (tertiary/aromatic N) is 1. The fraction of sp³-hybridized carbons (Fsp3) is 0.481. The van der Waals surface area contributed by atoms with Gasteiger partial charge in [0.15, 0.2) is 6.10 Å². The summed E-state index contributed by atoms with van der Waals surface area (Å²) >= 11 is 0. The van der Waals surface area contributed by atoms with Crippen molar-refractivity contribution in [2.45, 2.75) is 53.2 Å². The second kappa shape index (κ2) is 13.7. The normalized spacial score (nSPS) is 12.1. The maximum absolute atomic E-state index is 13.1. The van der Waals surface area contributed by atoms with Crippen LogP contribution in [0.3, 0.4) is 0 Å². The van der Waals surface area contributed by atoms with E-state index in [1.807, 2.05) is 12.1 Å². The van der Waals surface area contributed by atoms with E-state index in [-0.39, 0.29) is 23.7 Å². The number of carboxylic acids is 1. The van der Waals surface area contributed by atoms with Gasteiger partial charge in [0.2, 0.25) is 0 Å². The van der Waals surface area contributed by atoms with Crippen molar-refractivity contribution in [3.63, 3.8) is 0 Å². The molecule has 0 saturated heterocycles. The van der Waals surface area contributed by atoms with Crippen molar-refractivity contribution in [1.82, 2.24) is 10.2 Å². The summed E-state index contributed by atoms with van der Waals surface area (Å²) in [4.78, 5) is 25.8. The molecule has 0 aliphatic rings. The molecule has 0 heterocycles. The third-order valence-electron chi connectivity index (χ3n) is 5.39. The van der Waals surface area contributed by atoms with Crippen molar-refractivity contribution >= 4 is 12.0 Å². The molecule has 1 unspecified atom stereocenters. The average Bonchev–Trinajstić information content (AvgIpc) is 2.80. The van der Waals surface area contributed by atoms with Gasteiger partial charge in [-0.05, 0) is 54.2 Å². The van der Waals surface area contributed by atoms with Gasteiger partial charge in [-0.3, -0.25) is 0 Å². The van der Waals surface area contributed by atoms with Gasteiger partial charge in [0.25, 0.3) is 0 Å². The topological polar surface area (TPSA) is 88.1 Å². The Kier molecular flexibility index (Phi) is 11.0. The summed E-state index contributed by atoms with van der Waals surface area (Å²) in [7, 11) is 0. The molecule has 192 valence electrons. The number of rotatable bonds is 13. The maximum atomic E-state index is 13.1. The Labute approximate surface area is 207 Å². The Bertz CT molecular complexity index is 926. The van der Waals surface area contributed by atoms with E-state index >= 15 is 0 Å². The van der Waals surface area contributed by atoms with Crippen molar-refractivity contribution in [1.29, 1.82) is 0 Å². The number of hydrogen-bond acceptors (Lipinski definition) is 4. The first kappa shape index (κ1) is 28.1. The Morgan fingerprint density at radius 1 is 1.03 bits per heavy atom. The van der Waals surface area contributed by atoms with Crippen LogP contribution < -0.4 is 10.1 Å². The standard InChI is InChI=1S/C27H37FN2O5/c1-5-34-24(25(31)32)18-20-8-12-23(13-9-20)35-17-16-30(15-14-27(2,3)4)26(33)29-19-21-6-10-22(28)11-7-21/h6-13,24H,5,14-19H2,1-4H3,(H,29,33)(H,31,32). The number of carbonyl (C=O) groups excluding carboxylic acids is 1. The smallest absolute Gasteiger partial charge is 0.333 e.